The van der Waals surface area contributed by atoms with Crippen LogP contribution in [0.1, 0.15) is 5.56 Å². The maximum absolute atomic E-state index is 8.52. The molecular formula is C11H11N3O. The molecule has 0 unspecified atom stereocenters. The summed E-state index contributed by atoms with van der Waals surface area (Å²) in [4.78, 5) is 4.23. The summed E-state index contributed by atoms with van der Waals surface area (Å²) in [5, 5.41) is 12.5. The van der Waals surface area contributed by atoms with Crippen LogP contribution in [0, 0.1) is 0 Å². The van der Waals surface area contributed by atoms with Crippen LogP contribution in [0.5, 0.6) is 0 Å². The summed E-state index contributed by atoms with van der Waals surface area (Å²) in [7, 11) is 0. The molecule has 76 valence electrons. The third-order valence-corrected chi connectivity index (χ3v) is 2.24. The Bertz CT molecular complexity index is 503. The number of amidine groups is 1. The Morgan fingerprint density at radius 2 is 2.13 bits per heavy atom. The Labute approximate surface area is 87.0 Å². The number of aromatic nitrogens is 1. The van der Waals surface area contributed by atoms with Crippen molar-refractivity contribution >= 4 is 16.7 Å². The molecule has 4 nitrogen and oxygen atoms in total. The molecule has 1 aromatic heterocycles. The number of benzene rings is 1. The highest BCUT2D eigenvalue weighted by Crippen LogP contribution is 2.16. The minimum atomic E-state index is 0.200. The van der Waals surface area contributed by atoms with E-state index in [0.29, 0.717) is 6.42 Å². The zero-order valence-corrected chi connectivity index (χ0v) is 8.09. The molecule has 0 amide bonds. The van der Waals surface area contributed by atoms with E-state index in [-0.39, 0.29) is 5.84 Å². The number of para-hydroxylation sites is 1. The molecule has 0 fully saturated rings. The highest BCUT2D eigenvalue weighted by molar-refractivity contribution is 5.89. The van der Waals surface area contributed by atoms with E-state index < -0.39 is 0 Å². The molecule has 0 atom stereocenters. The summed E-state index contributed by atoms with van der Waals surface area (Å²) in [6.45, 7) is 0. The fourth-order valence-corrected chi connectivity index (χ4v) is 1.54. The number of hydrogen-bond acceptors (Lipinski definition) is 3. The SMILES string of the molecule is N/C(Cc1ccnc2ccccc12)=N\O. The quantitative estimate of drug-likeness (QED) is 0.335. The zero-order valence-electron chi connectivity index (χ0n) is 8.09. The van der Waals surface area contributed by atoms with Crippen molar-refractivity contribution in [3.05, 3.63) is 42.1 Å². The minimum Gasteiger partial charge on any atom is -0.409 e. The molecule has 0 radical (unpaired) electrons. The summed E-state index contributed by atoms with van der Waals surface area (Å²) >= 11 is 0. The summed E-state index contributed by atoms with van der Waals surface area (Å²) in [6.07, 6.45) is 2.15. The number of rotatable bonds is 2. The predicted octanol–water partition coefficient (Wildman–Crippen LogP) is 1.52. The molecular weight excluding hydrogens is 190 g/mol. The molecule has 2 rings (SSSR count). The van der Waals surface area contributed by atoms with Crippen LogP contribution in [-0.2, 0) is 6.42 Å². The number of fused-ring (bicyclic) bond motifs is 1. The molecule has 1 heterocycles. The van der Waals surface area contributed by atoms with Gasteiger partial charge in [-0.3, -0.25) is 4.98 Å². The van der Waals surface area contributed by atoms with Gasteiger partial charge in [0.25, 0.3) is 0 Å². The van der Waals surface area contributed by atoms with Crippen LogP contribution in [0.25, 0.3) is 10.9 Å². The highest BCUT2D eigenvalue weighted by atomic mass is 16.4. The topological polar surface area (TPSA) is 71.5 Å². The van der Waals surface area contributed by atoms with Crippen molar-refractivity contribution < 1.29 is 5.21 Å². The standard InChI is InChI=1S/C11H11N3O/c12-11(14-15)7-8-5-6-13-10-4-2-1-3-9(8)10/h1-6,15H,7H2,(H2,12,14). The van der Waals surface area contributed by atoms with E-state index in [1.165, 1.54) is 0 Å². The third-order valence-electron chi connectivity index (χ3n) is 2.24. The van der Waals surface area contributed by atoms with Gasteiger partial charge in [-0.05, 0) is 17.7 Å². The largest absolute Gasteiger partial charge is 0.409 e. The van der Waals surface area contributed by atoms with Gasteiger partial charge in [-0.15, -0.1) is 0 Å². The predicted molar refractivity (Wildman–Crippen MR) is 58.9 cm³/mol. The van der Waals surface area contributed by atoms with Crippen molar-refractivity contribution in [2.45, 2.75) is 6.42 Å². The Morgan fingerprint density at radius 3 is 2.93 bits per heavy atom. The van der Waals surface area contributed by atoms with Crippen LogP contribution in [0.3, 0.4) is 0 Å². The molecule has 0 aliphatic rings. The highest BCUT2D eigenvalue weighted by Gasteiger charge is 2.03. The molecule has 0 aliphatic carbocycles. The normalized spacial score (nSPS) is 11.9. The van der Waals surface area contributed by atoms with Crippen molar-refractivity contribution in [3.63, 3.8) is 0 Å². The van der Waals surface area contributed by atoms with Crippen molar-refractivity contribution in [3.8, 4) is 0 Å². The first-order chi connectivity index (χ1) is 7.31. The number of pyridine rings is 1. The molecule has 0 bridgehead atoms. The molecule has 2 aromatic rings. The van der Waals surface area contributed by atoms with Crippen molar-refractivity contribution in [1.82, 2.24) is 4.98 Å². The Morgan fingerprint density at radius 1 is 1.33 bits per heavy atom. The van der Waals surface area contributed by atoms with Crippen LogP contribution in [0.15, 0.2) is 41.7 Å². The van der Waals surface area contributed by atoms with Gasteiger partial charge in [-0.1, -0.05) is 23.4 Å². The monoisotopic (exact) mass is 201 g/mol. The smallest absolute Gasteiger partial charge is 0.143 e. The third kappa shape index (κ3) is 1.88. The van der Waals surface area contributed by atoms with Gasteiger partial charge in [-0.25, -0.2) is 0 Å². The maximum Gasteiger partial charge on any atom is 0.143 e. The summed E-state index contributed by atoms with van der Waals surface area (Å²) in [6, 6.07) is 9.66. The second kappa shape index (κ2) is 3.96. The summed E-state index contributed by atoms with van der Waals surface area (Å²) < 4.78 is 0. The first kappa shape index (κ1) is 9.45. The van der Waals surface area contributed by atoms with E-state index in [0.717, 1.165) is 16.5 Å². The molecule has 0 aliphatic heterocycles. The Kier molecular flexibility index (Phi) is 2.49. The minimum absolute atomic E-state index is 0.200. The van der Waals surface area contributed by atoms with Gasteiger partial charge >= 0.3 is 0 Å². The van der Waals surface area contributed by atoms with E-state index in [9.17, 15) is 0 Å². The lowest BCUT2D eigenvalue weighted by atomic mass is 10.1. The van der Waals surface area contributed by atoms with Crippen molar-refractivity contribution in [2.75, 3.05) is 0 Å². The van der Waals surface area contributed by atoms with Crippen molar-refractivity contribution in [1.29, 1.82) is 0 Å². The molecule has 0 spiro atoms. The number of oxime groups is 1. The van der Waals surface area contributed by atoms with E-state index in [2.05, 4.69) is 10.1 Å². The van der Waals surface area contributed by atoms with Gasteiger partial charge < -0.3 is 10.9 Å². The molecule has 15 heavy (non-hydrogen) atoms. The van der Waals surface area contributed by atoms with Gasteiger partial charge in [0.15, 0.2) is 0 Å². The fourth-order valence-electron chi connectivity index (χ4n) is 1.54. The van der Waals surface area contributed by atoms with E-state index in [4.69, 9.17) is 10.9 Å². The number of hydrogen-bond donors (Lipinski definition) is 2. The fraction of sp³-hybridized carbons (Fsp3) is 0.0909. The van der Waals surface area contributed by atoms with Gasteiger partial charge in [0.05, 0.1) is 5.52 Å². The summed E-state index contributed by atoms with van der Waals surface area (Å²) in [5.74, 6) is 0.200. The van der Waals surface area contributed by atoms with E-state index >= 15 is 0 Å². The van der Waals surface area contributed by atoms with Gasteiger partial charge in [0.1, 0.15) is 5.84 Å². The first-order valence-electron chi connectivity index (χ1n) is 4.60. The van der Waals surface area contributed by atoms with Crippen LogP contribution < -0.4 is 5.73 Å². The van der Waals surface area contributed by atoms with Crippen LogP contribution in [-0.4, -0.2) is 16.0 Å². The summed E-state index contributed by atoms with van der Waals surface area (Å²) in [5.41, 5.74) is 7.40. The Hall–Kier alpha value is -2.10. The first-order valence-corrected chi connectivity index (χ1v) is 4.60. The lowest BCUT2D eigenvalue weighted by molar-refractivity contribution is 0.317. The second-order valence-corrected chi connectivity index (χ2v) is 3.26. The van der Waals surface area contributed by atoms with E-state index in [1.54, 1.807) is 6.20 Å². The van der Waals surface area contributed by atoms with Crippen LogP contribution in [0.4, 0.5) is 0 Å². The van der Waals surface area contributed by atoms with Crippen molar-refractivity contribution in [2.24, 2.45) is 10.9 Å². The lowest BCUT2D eigenvalue weighted by Crippen LogP contribution is -2.14. The van der Waals surface area contributed by atoms with Crippen LogP contribution in [0.2, 0.25) is 0 Å². The molecule has 0 saturated carbocycles. The lowest BCUT2D eigenvalue weighted by Gasteiger charge is -2.04. The average Bonchev–Trinajstić information content (AvgIpc) is 2.29. The Balaban J connectivity index is 2.51. The molecule has 3 N–H and O–H groups in total. The van der Waals surface area contributed by atoms with Gasteiger partial charge in [0, 0.05) is 18.0 Å². The average molecular weight is 201 g/mol. The second-order valence-electron chi connectivity index (χ2n) is 3.26. The zero-order chi connectivity index (χ0) is 10.7. The molecule has 4 heteroatoms. The molecule has 1 aromatic carbocycles. The van der Waals surface area contributed by atoms with Crippen LogP contribution >= 0.6 is 0 Å². The van der Waals surface area contributed by atoms with Gasteiger partial charge in [-0.2, -0.15) is 0 Å². The number of nitrogens with two attached hydrogens (primary N) is 1. The van der Waals surface area contributed by atoms with Gasteiger partial charge in [0.2, 0.25) is 0 Å². The molecule has 0 saturated heterocycles. The maximum atomic E-state index is 8.52. The number of nitrogens with zero attached hydrogens (tertiary/aromatic N) is 2. The van der Waals surface area contributed by atoms with E-state index in [1.807, 2.05) is 30.3 Å².